The average Bonchev–Trinajstić information content (AvgIpc) is 3.12. The van der Waals surface area contributed by atoms with Crippen molar-refractivity contribution >= 4 is 39.6 Å². The van der Waals surface area contributed by atoms with Crippen LogP contribution >= 0.6 is 15.9 Å². The van der Waals surface area contributed by atoms with Gasteiger partial charge in [0.2, 0.25) is 11.7 Å². The molecule has 1 aliphatic rings. The third-order valence-corrected chi connectivity index (χ3v) is 5.44. The van der Waals surface area contributed by atoms with Gasteiger partial charge in [-0.25, -0.2) is 14.6 Å². The van der Waals surface area contributed by atoms with Crippen molar-refractivity contribution < 1.29 is 19.1 Å². The number of carbonyl (C=O) groups excluding carboxylic acids is 2. The highest BCUT2D eigenvalue weighted by Crippen LogP contribution is 2.38. The molecule has 3 aromatic rings. The molecule has 3 heterocycles. The van der Waals surface area contributed by atoms with Crippen molar-refractivity contribution in [1.29, 1.82) is 0 Å². The normalized spacial score (nSPS) is 15.3. The van der Waals surface area contributed by atoms with Crippen molar-refractivity contribution in [3.63, 3.8) is 0 Å². The van der Waals surface area contributed by atoms with E-state index in [9.17, 15) is 14.4 Å². The van der Waals surface area contributed by atoms with Gasteiger partial charge in [0.1, 0.15) is 5.56 Å². The Morgan fingerprint density at radius 3 is 2.59 bits per heavy atom. The number of aromatic nitrogens is 4. The number of hydrogen-bond acceptors (Lipinski definition) is 8. The van der Waals surface area contributed by atoms with Crippen LogP contribution in [0.2, 0.25) is 0 Å². The number of allylic oxidation sites excluding steroid dienone is 1. The average molecular weight is 502 g/mol. The highest BCUT2D eigenvalue weighted by atomic mass is 79.9. The van der Waals surface area contributed by atoms with Crippen molar-refractivity contribution in [2.75, 3.05) is 18.5 Å². The van der Waals surface area contributed by atoms with Gasteiger partial charge in [-0.05, 0) is 38.5 Å². The first-order chi connectivity index (χ1) is 15.4. The molecule has 10 nitrogen and oxygen atoms in total. The van der Waals surface area contributed by atoms with Gasteiger partial charge in [0, 0.05) is 10.2 Å². The van der Waals surface area contributed by atoms with Crippen molar-refractivity contribution in [3.8, 4) is 0 Å². The Morgan fingerprint density at radius 2 is 1.91 bits per heavy atom. The van der Waals surface area contributed by atoms with Gasteiger partial charge < -0.3 is 14.8 Å². The minimum absolute atomic E-state index is 0.124. The molecule has 32 heavy (non-hydrogen) atoms. The fourth-order valence-corrected chi connectivity index (χ4v) is 4.05. The Labute approximate surface area is 191 Å². The Kier molecular flexibility index (Phi) is 5.83. The van der Waals surface area contributed by atoms with E-state index in [2.05, 4.69) is 31.3 Å². The van der Waals surface area contributed by atoms with E-state index in [-0.39, 0.29) is 24.6 Å². The molecule has 1 aliphatic heterocycles. The molecule has 166 valence electrons. The van der Waals surface area contributed by atoms with E-state index < -0.39 is 23.5 Å². The fourth-order valence-electron chi connectivity index (χ4n) is 3.64. The molecule has 0 fully saturated rings. The number of halogens is 1. The van der Waals surface area contributed by atoms with E-state index in [1.54, 1.807) is 25.3 Å². The molecule has 1 unspecified atom stereocenters. The van der Waals surface area contributed by atoms with Gasteiger partial charge in [-0.1, -0.05) is 28.1 Å². The molecule has 0 saturated heterocycles. The Bertz CT molecular complexity index is 1330. The van der Waals surface area contributed by atoms with Gasteiger partial charge in [0.05, 0.1) is 31.0 Å². The van der Waals surface area contributed by atoms with Crippen molar-refractivity contribution in [2.45, 2.75) is 26.8 Å². The van der Waals surface area contributed by atoms with Gasteiger partial charge in [-0.15, -0.1) is 5.10 Å². The van der Waals surface area contributed by atoms with Crippen LogP contribution in [0.4, 0.5) is 5.95 Å². The Hall–Kier alpha value is -3.47. The lowest BCUT2D eigenvalue weighted by Crippen LogP contribution is -2.29. The molecular weight excluding hydrogens is 482 g/mol. The van der Waals surface area contributed by atoms with Crippen LogP contribution in [0.1, 0.15) is 42.7 Å². The van der Waals surface area contributed by atoms with Gasteiger partial charge in [-0.3, -0.25) is 9.36 Å². The molecule has 0 amide bonds. The fraction of sp³-hybridized carbons (Fsp3) is 0.286. The number of benzene rings is 1. The molecule has 11 heteroatoms. The van der Waals surface area contributed by atoms with E-state index in [1.165, 1.54) is 0 Å². The predicted octanol–water partition coefficient (Wildman–Crippen LogP) is 2.68. The van der Waals surface area contributed by atoms with Gasteiger partial charge in [0.25, 0.3) is 5.56 Å². The number of fused-ring (bicyclic) bond motifs is 3. The molecule has 1 N–H and O–H groups in total. The number of nitrogens with one attached hydrogen (secondary N) is 1. The molecule has 1 aromatic carbocycles. The summed E-state index contributed by atoms with van der Waals surface area (Å²) in [7, 11) is 0. The summed E-state index contributed by atoms with van der Waals surface area (Å²) in [6.45, 7) is 5.45. The van der Waals surface area contributed by atoms with Crippen molar-refractivity contribution in [1.82, 2.24) is 19.2 Å². The minimum atomic E-state index is -0.775. The molecule has 1 atom stereocenters. The summed E-state index contributed by atoms with van der Waals surface area (Å²) in [5, 5.41) is 7.39. The zero-order valence-corrected chi connectivity index (χ0v) is 19.2. The van der Waals surface area contributed by atoms with Crippen LogP contribution in [0.25, 0.3) is 5.78 Å². The standard InChI is InChI=1S/C21H20BrN5O5/c1-4-31-18(29)14-10-23-21-26-16(12-7-6-8-13(22)9-12)15(19(30)32-5-2)11(3)24-20(26)25-27(21)17(14)28/h6-10,16H,4-5H2,1-3H3,(H,24,25). The van der Waals surface area contributed by atoms with Crippen LogP contribution in [0.3, 0.4) is 0 Å². The van der Waals surface area contributed by atoms with Crippen LogP contribution in [-0.4, -0.2) is 44.3 Å². The second kappa shape index (κ2) is 8.58. The summed E-state index contributed by atoms with van der Waals surface area (Å²) in [5.41, 5.74) is 0.763. The summed E-state index contributed by atoms with van der Waals surface area (Å²) in [5.74, 6) is -0.815. The van der Waals surface area contributed by atoms with Gasteiger partial charge in [0.15, 0.2) is 0 Å². The topological polar surface area (TPSA) is 117 Å². The van der Waals surface area contributed by atoms with E-state index in [1.807, 2.05) is 24.3 Å². The first-order valence-electron chi connectivity index (χ1n) is 9.95. The summed E-state index contributed by atoms with van der Waals surface area (Å²) in [6.07, 6.45) is 1.16. The first-order valence-corrected chi connectivity index (χ1v) is 10.7. The van der Waals surface area contributed by atoms with Crippen LogP contribution in [-0.2, 0) is 14.3 Å². The Morgan fingerprint density at radius 1 is 1.19 bits per heavy atom. The summed E-state index contributed by atoms with van der Waals surface area (Å²) < 4.78 is 13.7. The van der Waals surface area contributed by atoms with Crippen LogP contribution < -0.4 is 10.9 Å². The maximum Gasteiger partial charge on any atom is 0.345 e. The molecule has 0 aliphatic carbocycles. The predicted molar refractivity (Wildman–Crippen MR) is 118 cm³/mol. The number of anilines is 1. The highest BCUT2D eigenvalue weighted by molar-refractivity contribution is 9.10. The molecule has 0 radical (unpaired) electrons. The highest BCUT2D eigenvalue weighted by Gasteiger charge is 2.36. The lowest BCUT2D eigenvalue weighted by Gasteiger charge is -2.29. The molecule has 2 aromatic heterocycles. The van der Waals surface area contributed by atoms with E-state index in [0.29, 0.717) is 17.2 Å². The molecule has 0 bridgehead atoms. The zero-order valence-electron chi connectivity index (χ0n) is 17.6. The molecule has 4 rings (SSSR count). The first kappa shape index (κ1) is 21.8. The van der Waals surface area contributed by atoms with E-state index in [4.69, 9.17) is 9.47 Å². The van der Waals surface area contributed by atoms with Crippen molar-refractivity contribution in [3.05, 3.63) is 67.7 Å². The third-order valence-electron chi connectivity index (χ3n) is 4.95. The van der Waals surface area contributed by atoms with E-state index in [0.717, 1.165) is 20.7 Å². The monoisotopic (exact) mass is 501 g/mol. The maximum absolute atomic E-state index is 13.0. The third kappa shape index (κ3) is 3.58. The lowest BCUT2D eigenvalue weighted by atomic mass is 9.95. The van der Waals surface area contributed by atoms with Crippen LogP contribution in [0.15, 0.2) is 51.0 Å². The summed E-state index contributed by atoms with van der Waals surface area (Å²) in [6, 6.07) is 6.77. The smallest absolute Gasteiger partial charge is 0.345 e. The number of carbonyl (C=O) groups is 2. The number of esters is 2. The minimum Gasteiger partial charge on any atom is -0.463 e. The largest absolute Gasteiger partial charge is 0.463 e. The molecular formula is C21H20BrN5O5. The van der Waals surface area contributed by atoms with Gasteiger partial charge in [-0.2, -0.15) is 4.52 Å². The number of ether oxygens (including phenoxy) is 2. The summed E-state index contributed by atoms with van der Waals surface area (Å²) >= 11 is 3.47. The second-order valence-corrected chi connectivity index (χ2v) is 7.86. The van der Waals surface area contributed by atoms with Gasteiger partial charge >= 0.3 is 11.9 Å². The lowest BCUT2D eigenvalue weighted by molar-refractivity contribution is -0.139. The summed E-state index contributed by atoms with van der Waals surface area (Å²) in [4.78, 5) is 42.3. The van der Waals surface area contributed by atoms with Crippen LogP contribution in [0.5, 0.6) is 0 Å². The maximum atomic E-state index is 13.0. The number of nitrogens with zero attached hydrogens (tertiary/aromatic N) is 4. The molecule has 0 spiro atoms. The molecule has 0 saturated carbocycles. The van der Waals surface area contributed by atoms with Crippen LogP contribution in [0, 0.1) is 0 Å². The van der Waals surface area contributed by atoms with E-state index >= 15 is 0 Å². The zero-order chi connectivity index (χ0) is 23.0. The SMILES string of the molecule is CCOC(=O)C1=C(C)Nc2nn3c(=O)c(C(=O)OCC)cnc3n2C1c1cccc(Br)c1. The second-order valence-electron chi connectivity index (χ2n) is 6.94. The Balaban J connectivity index is 1.98. The van der Waals surface area contributed by atoms with Crippen molar-refractivity contribution in [2.24, 2.45) is 0 Å². The number of rotatable bonds is 5. The number of hydrogen-bond donors (Lipinski definition) is 1. The quantitative estimate of drug-likeness (QED) is 0.530.